The summed E-state index contributed by atoms with van der Waals surface area (Å²) in [6.07, 6.45) is -9.12. The van der Waals surface area contributed by atoms with Crippen molar-refractivity contribution in [2.45, 2.75) is 51.1 Å². The number of aryl methyl sites for hydroxylation is 1. The second-order valence-electron chi connectivity index (χ2n) is 9.86. The molecule has 210 valence electrons. The lowest BCUT2D eigenvalue weighted by atomic mass is 9.95. The first-order valence-corrected chi connectivity index (χ1v) is 11.9. The second-order valence-corrected chi connectivity index (χ2v) is 9.86. The lowest BCUT2D eigenvalue weighted by molar-refractivity contribution is -0.201. The normalized spacial score (nSPS) is 20.9. The Morgan fingerprint density at radius 1 is 1.05 bits per heavy atom. The predicted molar refractivity (Wildman–Crippen MR) is 127 cm³/mol. The summed E-state index contributed by atoms with van der Waals surface area (Å²) in [5.74, 6) is -3.27. The van der Waals surface area contributed by atoms with E-state index >= 15 is 0 Å². The molecule has 1 saturated carbocycles. The highest BCUT2D eigenvalue weighted by atomic mass is 19.4. The number of nitrogens with two attached hydrogens (primary N) is 1. The number of nitrogen functional groups attached to an aromatic ring is 1. The lowest BCUT2D eigenvalue weighted by Gasteiger charge is -2.46. The van der Waals surface area contributed by atoms with Crippen molar-refractivity contribution in [3.8, 4) is 0 Å². The Kier molecular flexibility index (Phi) is 7.02. The number of hydrogen-bond acceptors (Lipinski definition) is 5. The van der Waals surface area contributed by atoms with Crippen LogP contribution >= 0.6 is 0 Å². The number of amides is 3. The van der Waals surface area contributed by atoms with Crippen molar-refractivity contribution in [2.24, 2.45) is 5.41 Å². The lowest BCUT2D eigenvalue weighted by Crippen LogP contribution is -2.60. The highest BCUT2D eigenvalue weighted by Gasteiger charge is 2.70. The number of nitrogens with zero attached hydrogens (tertiary/aromatic N) is 3. The minimum absolute atomic E-state index is 0.0856. The van der Waals surface area contributed by atoms with Crippen molar-refractivity contribution < 1.29 is 40.7 Å². The average Bonchev–Trinajstić information content (AvgIpc) is 3.67. The Balaban J connectivity index is 1.67. The molecule has 3 N–H and O–H groups in total. The van der Waals surface area contributed by atoms with Gasteiger partial charge in [-0.05, 0) is 56.0 Å². The molecule has 0 radical (unpaired) electrons. The maximum Gasteiger partial charge on any atom is 0.416 e. The van der Waals surface area contributed by atoms with E-state index < -0.39 is 72.5 Å². The van der Waals surface area contributed by atoms with Gasteiger partial charge in [-0.15, -0.1) is 0 Å². The van der Waals surface area contributed by atoms with Crippen molar-refractivity contribution in [3.05, 3.63) is 53.2 Å². The number of nitrogens with one attached hydrogen (secondary N) is 1. The number of carbonyl (C=O) groups excluding carboxylic acids is 3. The van der Waals surface area contributed by atoms with Crippen LogP contribution in [0, 0.1) is 12.3 Å². The maximum atomic E-state index is 13.7. The van der Waals surface area contributed by atoms with E-state index in [9.17, 15) is 40.7 Å². The van der Waals surface area contributed by atoms with Crippen LogP contribution in [0.4, 0.5) is 37.8 Å². The van der Waals surface area contributed by atoms with E-state index in [1.54, 1.807) is 6.92 Å². The molecular weight excluding hydrogens is 532 g/mol. The summed E-state index contributed by atoms with van der Waals surface area (Å²) >= 11 is 0. The smallest absolute Gasteiger partial charge is 0.383 e. The molecular formula is C25H25F6N5O3. The third-order valence-electron chi connectivity index (χ3n) is 7.13. The molecule has 1 aromatic carbocycles. The number of piperazine rings is 1. The van der Waals surface area contributed by atoms with Gasteiger partial charge in [-0.2, -0.15) is 26.3 Å². The van der Waals surface area contributed by atoms with Crippen LogP contribution < -0.4 is 11.1 Å². The number of anilines is 2. The number of carbonyl (C=O) groups is 3. The third kappa shape index (κ3) is 5.36. The van der Waals surface area contributed by atoms with Gasteiger partial charge in [0.15, 0.2) is 0 Å². The zero-order valence-electron chi connectivity index (χ0n) is 20.9. The molecule has 2 aliphatic rings. The fraction of sp³-hybridized carbons (Fsp3) is 0.440. The molecule has 0 bridgehead atoms. The van der Waals surface area contributed by atoms with Gasteiger partial charge in [-0.25, -0.2) is 4.98 Å². The van der Waals surface area contributed by atoms with Crippen molar-refractivity contribution >= 4 is 29.2 Å². The Hall–Kier alpha value is -3.84. The topological polar surface area (TPSA) is 109 Å². The van der Waals surface area contributed by atoms with Crippen molar-refractivity contribution in [3.63, 3.8) is 0 Å². The van der Waals surface area contributed by atoms with Gasteiger partial charge < -0.3 is 20.9 Å². The molecule has 1 aromatic heterocycles. The molecule has 4 rings (SSSR count). The van der Waals surface area contributed by atoms with Gasteiger partial charge in [0.1, 0.15) is 11.2 Å². The molecule has 1 aliphatic carbocycles. The zero-order chi connectivity index (χ0) is 28.9. The molecule has 0 unspecified atom stereocenters. The van der Waals surface area contributed by atoms with Gasteiger partial charge in [0.2, 0.25) is 5.91 Å². The van der Waals surface area contributed by atoms with E-state index in [-0.39, 0.29) is 23.6 Å². The van der Waals surface area contributed by atoms with Gasteiger partial charge >= 0.3 is 24.2 Å². The first-order chi connectivity index (χ1) is 18.0. The summed E-state index contributed by atoms with van der Waals surface area (Å²) in [6.45, 7) is 2.12. The Morgan fingerprint density at radius 3 is 2.28 bits per heavy atom. The number of rotatable bonds is 3. The first-order valence-electron chi connectivity index (χ1n) is 11.9. The van der Waals surface area contributed by atoms with Gasteiger partial charge in [0.25, 0.3) is 0 Å². The molecule has 2 heterocycles. The van der Waals surface area contributed by atoms with Gasteiger partial charge in [0.05, 0.1) is 23.5 Å². The summed E-state index contributed by atoms with van der Waals surface area (Å²) in [5.41, 5.74) is 2.62. The van der Waals surface area contributed by atoms with Crippen LogP contribution in [0.15, 0.2) is 36.5 Å². The molecule has 3 amide bonds. The fourth-order valence-electron chi connectivity index (χ4n) is 4.68. The van der Waals surface area contributed by atoms with Crippen LogP contribution in [0.5, 0.6) is 0 Å². The highest BCUT2D eigenvalue weighted by Crippen LogP contribution is 2.59. The van der Waals surface area contributed by atoms with E-state index in [0.29, 0.717) is 5.56 Å². The molecule has 8 nitrogen and oxygen atoms in total. The molecule has 39 heavy (non-hydrogen) atoms. The number of aromatic nitrogens is 1. The van der Waals surface area contributed by atoms with E-state index in [1.807, 2.05) is 0 Å². The number of halogens is 6. The van der Waals surface area contributed by atoms with Gasteiger partial charge in [-0.3, -0.25) is 14.4 Å². The Morgan fingerprint density at radius 2 is 1.72 bits per heavy atom. The fourth-order valence-corrected chi connectivity index (χ4v) is 4.68. The zero-order valence-corrected chi connectivity index (χ0v) is 20.9. The second kappa shape index (κ2) is 9.72. The molecule has 2 atom stereocenters. The van der Waals surface area contributed by atoms with Crippen LogP contribution in [0.2, 0.25) is 0 Å². The van der Waals surface area contributed by atoms with E-state index in [4.69, 9.17) is 5.73 Å². The van der Waals surface area contributed by atoms with Crippen molar-refractivity contribution in [2.75, 3.05) is 24.1 Å². The van der Waals surface area contributed by atoms with Crippen LogP contribution in [-0.2, 0) is 20.6 Å². The summed E-state index contributed by atoms with van der Waals surface area (Å²) in [4.78, 5) is 45.0. The molecule has 1 saturated heterocycles. The minimum atomic E-state index is -4.80. The maximum absolute atomic E-state index is 13.7. The van der Waals surface area contributed by atoms with Crippen LogP contribution in [-0.4, -0.2) is 57.8 Å². The summed E-state index contributed by atoms with van der Waals surface area (Å²) in [5, 5.41) is 2.36. The first kappa shape index (κ1) is 28.2. The van der Waals surface area contributed by atoms with Gasteiger partial charge in [-0.1, -0.05) is 12.1 Å². The van der Waals surface area contributed by atoms with E-state index in [2.05, 4.69) is 10.3 Å². The van der Waals surface area contributed by atoms with Gasteiger partial charge in [0, 0.05) is 19.1 Å². The Bertz CT molecular complexity index is 1310. The van der Waals surface area contributed by atoms with Crippen molar-refractivity contribution in [1.29, 1.82) is 0 Å². The van der Waals surface area contributed by atoms with E-state index in [0.717, 1.165) is 28.0 Å². The monoisotopic (exact) mass is 557 g/mol. The molecule has 0 spiro atoms. The minimum Gasteiger partial charge on any atom is -0.383 e. The predicted octanol–water partition coefficient (Wildman–Crippen LogP) is 4.07. The third-order valence-corrected chi connectivity index (χ3v) is 7.13. The number of pyridine rings is 1. The molecule has 2 fully saturated rings. The molecule has 1 aliphatic heterocycles. The summed E-state index contributed by atoms with van der Waals surface area (Å²) in [6, 6.07) is 3.11. The van der Waals surface area contributed by atoms with Crippen LogP contribution in [0.25, 0.3) is 0 Å². The van der Waals surface area contributed by atoms with E-state index in [1.165, 1.54) is 25.3 Å². The standard InChI is InChI=1S/C25H25F6N5O3/c1-13-8-17(10-33-19(13)32)34-20(37)21(38)36-11-14(2)35(22(39)23(6-7-23)25(29,30)31)12-18(36)15-4-3-5-16(9-15)24(26,27)28/h3-5,8-10,14,18H,6-7,11-12H2,1-2H3,(H2,32,33)(H,34,37)/t14-,18-/m1/s1. The van der Waals surface area contributed by atoms with Crippen LogP contribution in [0.3, 0.4) is 0 Å². The molecule has 14 heteroatoms. The van der Waals surface area contributed by atoms with Crippen LogP contribution in [0.1, 0.15) is 42.5 Å². The number of benzene rings is 1. The van der Waals surface area contributed by atoms with Crippen molar-refractivity contribution in [1.82, 2.24) is 14.8 Å². The summed E-state index contributed by atoms with van der Waals surface area (Å²) in [7, 11) is 0. The largest absolute Gasteiger partial charge is 0.416 e. The SMILES string of the molecule is Cc1cc(NC(=O)C(=O)N2C[C@@H](C)N(C(=O)C3(C(F)(F)F)CC3)C[C@@H]2c2cccc(C(F)(F)F)c2)cnc1N. The number of alkyl halides is 6. The summed E-state index contributed by atoms with van der Waals surface area (Å²) < 4.78 is 81.4. The average molecular weight is 557 g/mol. The Labute approximate surface area is 219 Å². The highest BCUT2D eigenvalue weighted by molar-refractivity contribution is 6.39. The quantitative estimate of drug-likeness (QED) is 0.437. The molecule has 2 aromatic rings. The number of hydrogen-bond donors (Lipinski definition) is 2.